The fraction of sp³-hybridized carbons (Fsp3) is 0.640. The molecule has 1 heterocycles. The highest BCUT2D eigenvalue weighted by atomic mass is 35.5. The number of alkyl halides is 1. The van der Waals surface area contributed by atoms with Crippen LogP contribution in [0.4, 0.5) is 0 Å². The summed E-state index contributed by atoms with van der Waals surface area (Å²) in [6.07, 6.45) is 14.8. The third-order valence-electron chi connectivity index (χ3n) is 6.36. The number of hydrazine groups is 1. The molecule has 5 unspecified atom stereocenters. The zero-order chi connectivity index (χ0) is 22.1. The molecule has 0 aromatic carbocycles. The molecule has 2 aliphatic carbocycles. The summed E-state index contributed by atoms with van der Waals surface area (Å²) >= 11 is 6.30. The van der Waals surface area contributed by atoms with Crippen molar-refractivity contribution in [1.29, 1.82) is 0 Å². The van der Waals surface area contributed by atoms with Gasteiger partial charge in [-0.3, -0.25) is 4.79 Å². The van der Waals surface area contributed by atoms with Crippen LogP contribution in [0.5, 0.6) is 0 Å². The van der Waals surface area contributed by atoms with Gasteiger partial charge >= 0.3 is 0 Å². The maximum Gasteiger partial charge on any atom is 0.227 e. The molecule has 5 heteroatoms. The van der Waals surface area contributed by atoms with Crippen molar-refractivity contribution in [2.75, 3.05) is 6.54 Å². The van der Waals surface area contributed by atoms with Crippen LogP contribution in [0.25, 0.3) is 0 Å². The van der Waals surface area contributed by atoms with Crippen LogP contribution in [0.1, 0.15) is 54.4 Å². The van der Waals surface area contributed by atoms with Gasteiger partial charge in [0, 0.05) is 12.2 Å². The predicted molar refractivity (Wildman–Crippen MR) is 126 cm³/mol. The SMILES string of the molecule is CC1C=CC=C([C@H](CC(C)(C)C)NC(=O)C2CNN(C3=CC(C)C(Cl)C=C3)C2C)C1. The lowest BCUT2D eigenvalue weighted by Gasteiger charge is -2.32. The molecule has 166 valence electrons. The highest BCUT2D eigenvalue weighted by Gasteiger charge is 2.38. The zero-order valence-electron chi connectivity index (χ0n) is 19.3. The Labute approximate surface area is 187 Å². The van der Waals surface area contributed by atoms with E-state index in [1.807, 2.05) is 6.08 Å². The molecule has 6 atom stereocenters. The number of allylic oxidation sites excluding steroid dienone is 6. The molecule has 0 aromatic heterocycles. The van der Waals surface area contributed by atoms with E-state index >= 15 is 0 Å². The van der Waals surface area contributed by atoms with Crippen LogP contribution in [-0.2, 0) is 4.79 Å². The van der Waals surface area contributed by atoms with Crippen molar-refractivity contribution in [2.45, 2.75) is 71.8 Å². The van der Waals surface area contributed by atoms with E-state index < -0.39 is 0 Å². The van der Waals surface area contributed by atoms with Gasteiger partial charge in [-0.05, 0) is 48.7 Å². The van der Waals surface area contributed by atoms with E-state index in [0.717, 1.165) is 18.5 Å². The van der Waals surface area contributed by atoms with Crippen molar-refractivity contribution < 1.29 is 4.79 Å². The van der Waals surface area contributed by atoms with Gasteiger partial charge in [-0.2, -0.15) is 0 Å². The van der Waals surface area contributed by atoms with Gasteiger partial charge in [0.2, 0.25) is 5.91 Å². The number of nitrogens with one attached hydrogen (secondary N) is 2. The zero-order valence-corrected chi connectivity index (χ0v) is 20.0. The minimum atomic E-state index is -0.0945. The van der Waals surface area contributed by atoms with Gasteiger partial charge in [0.25, 0.3) is 0 Å². The van der Waals surface area contributed by atoms with Crippen molar-refractivity contribution in [1.82, 2.24) is 15.8 Å². The Kier molecular flexibility index (Phi) is 7.19. The number of halogens is 1. The van der Waals surface area contributed by atoms with Gasteiger partial charge in [-0.1, -0.05) is 65.0 Å². The molecule has 3 rings (SSSR count). The van der Waals surface area contributed by atoms with Gasteiger partial charge in [0.1, 0.15) is 0 Å². The predicted octanol–water partition coefficient (Wildman–Crippen LogP) is 4.95. The number of amides is 1. The Hall–Kier alpha value is -1.52. The van der Waals surface area contributed by atoms with E-state index in [1.165, 1.54) is 5.57 Å². The lowest BCUT2D eigenvalue weighted by atomic mass is 9.81. The Morgan fingerprint density at radius 2 is 2.03 bits per heavy atom. The van der Waals surface area contributed by atoms with Gasteiger partial charge < -0.3 is 10.3 Å². The molecule has 0 aromatic rings. The van der Waals surface area contributed by atoms with Crippen LogP contribution in [0, 0.1) is 23.2 Å². The molecule has 1 saturated heterocycles. The maximum absolute atomic E-state index is 13.3. The number of carbonyl (C=O) groups excluding carboxylic acids is 1. The first kappa shape index (κ1) is 23.1. The highest BCUT2D eigenvalue weighted by molar-refractivity contribution is 6.22. The summed E-state index contributed by atoms with van der Waals surface area (Å²) in [5, 5.41) is 5.57. The molecule has 0 radical (unpaired) electrons. The first-order valence-corrected chi connectivity index (χ1v) is 11.7. The van der Waals surface area contributed by atoms with Gasteiger partial charge in [0.15, 0.2) is 0 Å². The third-order valence-corrected chi connectivity index (χ3v) is 6.90. The lowest BCUT2D eigenvalue weighted by molar-refractivity contribution is -0.125. The number of hydrogen-bond acceptors (Lipinski definition) is 3. The maximum atomic E-state index is 13.3. The topological polar surface area (TPSA) is 44.4 Å². The van der Waals surface area contributed by atoms with Crippen molar-refractivity contribution >= 4 is 17.5 Å². The number of hydrogen-bond donors (Lipinski definition) is 2. The fourth-order valence-electron chi connectivity index (χ4n) is 4.57. The van der Waals surface area contributed by atoms with Gasteiger partial charge in [0.05, 0.1) is 23.4 Å². The minimum Gasteiger partial charge on any atom is -0.349 e. The quantitative estimate of drug-likeness (QED) is 0.605. The summed E-state index contributed by atoms with van der Waals surface area (Å²) in [5.41, 5.74) is 6.01. The van der Waals surface area contributed by atoms with Crippen LogP contribution in [0.15, 0.2) is 47.7 Å². The minimum absolute atomic E-state index is 0.0316. The van der Waals surface area contributed by atoms with E-state index in [-0.39, 0.29) is 40.6 Å². The summed E-state index contributed by atoms with van der Waals surface area (Å²) in [5.74, 6) is 0.837. The second kappa shape index (κ2) is 9.32. The number of rotatable bonds is 5. The molecule has 1 fully saturated rings. The summed E-state index contributed by atoms with van der Waals surface area (Å²) in [6, 6.07) is 0.159. The first-order chi connectivity index (χ1) is 14.0. The Balaban J connectivity index is 1.70. The van der Waals surface area contributed by atoms with Crippen molar-refractivity contribution in [3.05, 3.63) is 47.7 Å². The Morgan fingerprint density at radius 3 is 2.67 bits per heavy atom. The molecular formula is C25H38ClN3O. The molecule has 30 heavy (non-hydrogen) atoms. The highest BCUT2D eigenvalue weighted by Crippen LogP contribution is 2.31. The fourth-order valence-corrected chi connectivity index (χ4v) is 4.72. The normalized spacial score (nSPS) is 32.6. The molecule has 2 N–H and O–H groups in total. The molecule has 1 aliphatic heterocycles. The summed E-state index contributed by atoms with van der Waals surface area (Å²) < 4.78 is 0. The Bertz CT molecular complexity index is 761. The van der Waals surface area contributed by atoms with Gasteiger partial charge in [-0.25, -0.2) is 5.43 Å². The standard InChI is InChI=1S/C25H38ClN3O/c1-16-8-7-9-19(12-16)23(14-25(4,5)6)28-24(30)21-15-27-29(18(21)3)20-10-11-22(26)17(2)13-20/h7-11,13,16-18,21-23,27H,12,14-15H2,1-6H3,(H,28,30)/t16?,17?,18?,21?,22?,23-/m0/s1. The monoisotopic (exact) mass is 431 g/mol. The van der Waals surface area contributed by atoms with E-state index in [9.17, 15) is 4.79 Å². The average Bonchev–Trinajstić information content (AvgIpc) is 3.04. The molecule has 0 saturated carbocycles. The first-order valence-electron chi connectivity index (χ1n) is 11.3. The summed E-state index contributed by atoms with van der Waals surface area (Å²) in [6.45, 7) is 13.8. The van der Waals surface area contributed by atoms with E-state index in [1.54, 1.807) is 0 Å². The average molecular weight is 432 g/mol. The van der Waals surface area contributed by atoms with Crippen molar-refractivity contribution in [3.8, 4) is 0 Å². The molecule has 0 bridgehead atoms. The number of carbonyl (C=O) groups is 1. The van der Waals surface area contributed by atoms with E-state index in [2.05, 4.69) is 87.7 Å². The molecular weight excluding hydrogens is 394 g/mol. The molecule has 0 spiro atoms. The van der Waals surface area contributed by atoms with Crippen LogP contribution in [0.2, 0.25) is 0 Å². The van der Waals surface area contributed by atoms with Crippen LogP contribution < -0.4 is 10.7 Å². The Morgan fingerprint density at radius 1 is 1.30 bits per heavy atom. The summed E-state index contributed by atoms with van der Waals surface area (Å²) in [4.78, 5) is 13.3. The van der Waals surface area contributed by atoms with Crippen molar-refractivity contribution in [3.63, 3.8) is 0 Å². The molecule has 4 nitrogen and oxygen atoms in total. The molecule has 1 amide bonds. The second-order valence-corrected chi connectivity index (χ2v) is 11.0. The van der Waals surface area contributed by atoms with E-state index in [4.69, 9.17) is 11.6 Å². The van der Waals surface area contributed by atoms with Crippen LogP contribution >= 0.6 is 11.6 Å². The van der Waals surface area contributed by atoms with Crippen molar-refractivity contribution in [2.24, 2.45) is 23.2 Å². The third kappa shape index (κ3) is 5.59. The number of nitrogens with zero attached hydrogens (tertiary/aromatic N) is 1. The summed E-state index contributed by atoms with van der Waals surface area (Å²) in [7, 11) is 0. The largest absolute Gasteiger partial charge is 0.349 e. The lowest BCUT2D eigenvalue weighted by Crippen LogP contribution is -2.45. The van der Waals surface area contributed by atoms with E-state index in [0.29, 0.717) is 12.5 Å². The smallest absolute Gasteiger partial charge is 0.227 e. The van der Waals surface area contributed by atoms with Crippen LogP contribution in [0.3, 0.4) is 0 Å². The van der Waals surface area contributed by atoms with Gasteiger partial charge in [-0.15, -0.1) is 11.6 Å². The molecule has 3 aliphatic rings. The van der Waals surface area contributed by atoms with Crippen LogP contribution in [-0.4, -0.2) is 34.9 Å². The second-order valence-electron chi connectivity index (χ2n) is 10.5.